The van der Waals surface area contributed by atoms with Crippen molar-refractivity contribution in [1.82, 2.24) is 9.97 Å². The predicted molar refractivity (Wildman–Crippen MR) is 94.3 cm³/mol. The van der Waals surface area contributed by atoms with Gasteiger partial charge in [0.15, 0.2) is 0 Å². The van der Waals surface area contributed by atoms with Crippen molar-refractivity contribution in [2.45, 2.75) is 40.2 Å². The molecule has 0 aliphatic rings. The van der Waals surface area contributed by atoms with Gasteiger partial charge in [0.2, 0.25) is 0 Å². The number of rotatable bonds is 5. The molecule has 1 amide bonds. The number of benzene rings is 1. The minimum atomic E-state index is -0.332. The van der Waals surface area contributed by atoms with Crippen LogP contribution in [0.4, 0.5) is 11.5 Å². The first-order valence-electron chi connectivity index (χ1n) is 7.57. The fourth-order valence-electron chi connectivity index (χ4n) is 2.13. The van der Waals surface area contributed by atoms with Crippen LogP contribution in [-0.4, -0.2) is 21.9 Å². The second-order valence-corrected chi connectivity index (χ2v) is 6.04. The van der Waals surface area contributed by atoms with Crippen LogP contribution in [-0.2, 0) is 0 Å². The van der Waals surface area contributed by atoms with Gasteiger partial charge in [-0.3, -0.25) is 4.79 Å². The highest BCUT2D eigenvalue weighted by atomic mass is 35.5. The van der Waals surface area contributed by atoms with Gasteiger partial charge in [-0.15, -0.1) is 0 Å². The van der Waals surface area contributed by atoms with Gasteiger partial charge in [-0.2, -0.15) is 0 Å². The first-order valence-corrected chi connectivity index (χ1v) is 7.95. The van der Waals surface area contributed by atoms with Crippen molar-refractivity contribution in [3.05, 3.63) is 46.4 Å². The van der Waals surface area contributed by atoms with Crippen LogP contribution in [0.15, 0.2) is 24.5 Å². The van der Waals surface area contributed by atoms with Gasteiger partial charge >= 0.3 is 0 Å². The number of halogens is 1. The summed E-state index contributed by atoms with van der Waals surface area (Å²) >= 11 is 6.20. The lowest BCUT2D eigenvalue weighted by Crippen LogP contribution is -2.17. The number of anilines is 2. The number of nitrogens with zero attached hydrogens (tertiary/aromatic N) is 2. The van der Waals surface area contributed by atoms with Crippen molar-refractivity contribution >= 4 is 29.0 Å². The molecule has 23 heavy (non-hydrogen) atoms. The van der Waals surface area contributed by atoms with Crippen molar-refractivity contribution in [1.29, 1.82) is 0 Å². The Morgan fingerprint density at radius 1 is 1.26 bits per heavy atom. The van der Waals surface area contributed by atoms with E-state index in [2.05, 4.69) is 34.4 Å². The maximum atomic E-state index is 12.3. The van der Waals surface area contributed by atoms with E-state index in [1.54, 1.807) is 6.20 Å². The van der Waals surface area contributed by atoms with E-state index < -0.39 is 0 Å². The molecular formula is C17H21ClN4O. The molecule has 1 heterocycles. The third-order valence-electron chi connectivity index (χ3n) is 3.56. The molecule has 2 N–H and O–H groups in total. The summed E-state index contributed by atoms with van der Waals surface area (Å²) in [4.78, 5) is 20.7. The second kappa shape index (κ2) is 7.42. The molecule has 2 rings (SSSR count). The monoisotopic (exact) mass is 332 g/mol. The SMILES string of the molecule is CCC(C)Nc1cnc(C(=O)Nc2c(C)cc(C)cc2Cl)cn1. The molecule has 1 unspecified atom stereocenters. The highest BCUT2D eigenvalue weighted by molar-refractivity contribution is 6.34. The molecule has 0 aliphatic heterocycles. The van der Waals surface area contributed by atoms with Gasteiger partial charge in [0, 0.05) is 6.04 Å². The summed E-state index contributed by atoms with van der Waals surface area (Å²) < 4.78 is 0. The molecule has 0 radical (unpaired) electrons. The average Bonchev–Trinajstić information content (AvgIpc) is 2.51. The zero-order valence-electron chi connectivity index (χ0n) is 13.8. The number of nitrogens with one attached hydrogen (secondary N) is 2. The predicted octanol–water partition coefficient (Wildman–Crippen LogP) is 4.21. The molecule has 0 bridgehead atoms. The number of hydrogen-bond acceptors (Lipinski definition) is 4. The molecule has 0 fully saturated rings. The number of amides is 1. The Balaban J connectivity index is 2.12. The van der Waals surface area contributed by atoms with Gasteiger partial charge in [0.25, 0.3) is 5.91 Å². The lowest BCUT2D eigenvalue weighted by atomic mass is 10.1. The zero-order valence-corrected chi connectivity index (χ0v) is 14.5. The number of hydrogen-bond donors (Lipinski definition) is 2. The number of aromatic nitrogens is 2. The summed E-state index contributed by atoms with van der Waals surface area (Å²) in [7, 11) is 0. The first kappa shape index (κ1) is 17.2. The van der Waals surface area contributed by atoms with Gasteiger partial charge in [-0.1, -0.05) is 24.6 Å². The Bertz CT molecular complexity index is 677. The van der Waals surface area contributed by atoms with Crippen molar-refractivity contribution in [3.63, 3.8) is 0 Å². The van der Waals surface area contributed by atoms with Crippen molar-refractivity contribution < 1.29 is 4.79 Å². The van der Waals surface area contributed by atoms with Gasteiger partial charge in [0.05, 0.1) is 23.1 Å². The van der Waals surface area contributed by atoms with E-state index in [0.29, 0.717) is 22.6 Å². The number of carbonyl (C=O) groups is 1. The molecule has 0 saturated carbocycles. The fourth-order valence-corrected chi connectivity index (χ4v) is 2.49. The highest BCUT2D eigenvalue weighted by Gasteiger charge is 2.13. The van der Waals surface area contributed by atoms with E-state index >= 15 is 0 Å². The Labute approximate surface area is 141 Å². The van der Waals surface area contributed by atoms with Crippen LogP contribution in [0.1, 0.15) is 41.9 Å². The molecule has 1 aromatic heterocycles. The smallest absolute Gasteiger partial charge is 0.275 e. The topological polar surface area (TPSA) is 66.9 Å². The number of aryl methyl sites for hydroxylation is 2. The van der Waals surface area contributed by atoms with Crippen LogP contribution < -0.4 is 10.6 Å². The standard InChI is InChI=1S/C17H21ClN4O/c1-5-12(4)21-15-9-19-14(8-20-15)17(23)22-16-11(3)6-10(2)7-13(16)18/h6-9,12H,5H2,1-4H3,(H,20,21)(H,22,23). The van der Waals surface area contributed by atoms with Crippen LogP contribution in [0.3, 0.4) is 0 Å². The first-order chi connectivity index (χ1) is 10.9. The molecule has 0 saturated heterocycles. The van der Waals surface area contributed by atoms with Crippen LogP contribution in [0.5, 0.6) is 0 Å². The van der Waals surface area contributed by atoms with Crippen molar-refractivity contribution in [2.75, 3.05) is 10.6 Å². The number of carbonyl (C=O) groups excluding carboxylic acids is 1. The maximum Gasteiger partial charge on any atom is 0.275 e. The fraction of sp³-hybridized carbons (Fsp3) is 0.353. The molecule has 122 valence electrons. The van der Waals surface area contributed by atoms with E-state index in [9.17, 15) is 4.79 Å². The highest BCUT2D eigenvalue weighted by Crippen LogP contribution is 2.27. The summed E-state index contributed by atoms with van der Waals surface area (Å²) in [6, 6.07) is 4.08. The van der Waals surface area contributed by atoms with E-state index in [1.165, 1.54) is 6.20 Å². The molecule has 1 aromatic carbocycles. The van der Waals surface area contributed by atoms with Gasteiger partial charge in [0.1, 0.15) is 11.5 Å². The quantitative estimate of drug-likeness (QED) is 0.860. The van der Waals surface area contributed by atoms with Gasteiger partial charge < -0.3 is 10.6 Å². The summed E-state index contributed by atoms with van der Waals surface area (Å²) in [5.74, 6) is 0.321. The minimum Gasteiger partial charge on any atom is -0.366 e. The second-order valence-electron chi connectivity index (χ2n) is 5.63. The Hall–Kier alpha value is -2.14. The third kappa shape index (κ3) is 4.42. The normalized spacial score (nSPS) is 11.9. The van der Waals surface area contributed by atoms with Gasteiger partial charge in [-0.05, 0) is 44.4 Å². The lowest BCUT2D eigenvalue weighted by molar-refractivity contribution is 0.102. The summed E-state index contributed by atoms with van der Waals surface area (Å²) in [5.41, 5.74) is 2.80. The van der Waals surface area contributed by atoms with Gasteiger partial charge in [-0.25, -0.2) is 9.97 Å². The zero-order chi connectivity index (χ0) is 17.0. The van der Waals surface area contributed by atoms with E-state index in [0.717, 1.165) is 17.5 Å². The molecule has 2 aromatic rings. The Morgan fingerprint density at radius 2 is 2.00 bits per heavy atom. The molecule has 0 aliphatic carbocycles. The van der Waals surface area contributed by atoms with Crippen LogP contribution in [0, 0.1) is 13.8 Å². The van der Waals surface area contributed by atoms with Crippen LogP contribution >= 0.6 is 11.6 Å². The summed E-state index contributed by atoms with van der Waals surface area (Å²) in [5, 5.41) is 6.52. The molecule has 1 atom stereocenters. The van der Waals surface area contributed by atoms with Crippen molar-refractivity contribution in [3.8, 4) is 0 Å². The van der Waals surface area contributed by atoms with E-state index in [1.807, 2.05) is 26.0 Å². The Morgan fingerprint density at radius 3 is 2.57 bits per heavy atom. The Kier molecular flexibility index (Phi) is 5.55. The molecule has 5 nitrogen and oxygen atoms in total. The summed E-state index contributed by atoms with van der Waals surface area (Å²) in [6.45, 7) is 8.00. The molecule has 0 spiro atoms. The lowest BCUT2D eigenvalue weighted by Gasteiger charge is -2.13. The van der Waals surface area contributed by atoms with Crippen molar-refractivity contribution in [2.24, 2.45) is 0 Å². The molecule has 6 heteroatoms. The van der Waals surface area contributed by atoms with E-state index in [-0.39, 0.29) is 11.6 Å². The largest absolute Gasteiger partial charge is 0.366 e. The average molecular weight is 333 g/mol. The molecular weight excluding hydrogens is 312 g/mol. The van der Waals surface area contributed by atoms with E-state index in [4.69, 9.17) is 11.6 Å². The van der Waals surface area contributed by atoms with Crippen LogP contribution in [0.25, 0.3) is 0 Å². The third-order valence-corrected chi connectivity index (χ3v) is 3.86. The minimum absolute atomic E-state index is 0.246. The summed E-state index contributed by atoms with van der Waals surface area (Å²) in [6.07, 6.45) is 4.00. The van der Waals surface area contributed by atoms with Crippen LogP contribution in [0.2, 0.25) is 5.02 Å². The maximum absolute atomic E-state index is 12.3.